The standard InChI is InChI=1S/C62H73FN9O8S/c1-7-79-60-52(29-46-47(63)18-19-48(46)67-60)80-51-28-40(14-17-45(51)59(73)68-81(76,77)53-30-49(69(5)75)54(56-55(53)65-36-66-56)64-33-38-20-22-61(4,74)23-21-38)70-26-24-62(25-27-70)31-41(32-62)72-50-35-71(34-39-12-15-42(78-6)16-13-39)58(50)57(72)44-11-9-8-10-43(44)37(2)3/h8-18,28-30,36-38,41,50,57-58,64,74H,7,19-27,31-35H2,1-6H3,(H,65,66)(H,68,73)/q-1/t38?,50?,57-,58+,61?/m1/s1. The van der Waals surface area contributed by atoms with Gasteiger partial charge < -0.3 is 44.8 Å². The number of pyridine rings is 1. The molecule has 17 nitrogen and oxygen atoms in total. The van der Waals surface area contributed by atoms with Crippen LogP contribution in [0.15, 0.2) is 96.2 Å². The highest BCUT2D eigenvalue weighted by atomic mass is 32.2. The molecule has 4 N–H and O–H groups in total. The number of rotatable bonds is 18. The van der Waals surface area contributed by atoms with Gasteiger partial charge in [-0.3, -0.25) is 14.6 Å². The Morgan fingerprint density at radius 2 is 1.77 bits per heavy atom. The fraction of sp³-hybridized carbons (Fsp3) is 0.468. The lowest BCUT2D eigenvalue weighted by Gasteiger charge is -2.72. The van der Waals surface area contributed by atoms with E-state index in [0.29, 0.717) is 65.9 Å². The molecule has 1 amide bonds. The number of nitrogens with one attached hydrogen (secondary N) is 3. The number of sulfonamides is 1. The summed E-state index contributed by atoms with van der Waals surface area (Å²) >= 11 is 0. The van der Waals surface area contributed by atoms with Crippen molar-refractivity contribution in [3.63, 3.8) is 0 Å². The summed E-state index contributed by atoms with van der Waals surface area (Å²) in [5.41, 5.74) is 5.77. The van der Waals surface area contributed by atoms with Gasteiger partial charge in [0.25, 0.3) is 21.8 Å². The van der Waals surface area contributed by atoms with Gasteiger partial charge >= 0.3 is 0 Å². The molecule has 19 heteroatoms. The number of likely N-dealkylation sites (tertiary alicyclic amines) is 2. The Morgan fingerprint density at radius 1 is 1.01 bits per heavy atom. The van der Waals surface area contributed by atoms with Crippen molar-refractivity contribution in [2.75, 3.05) is 62.2 Å². The normalized spacial score (nSPS) is 23.5. The van der Waals surface area contributed by atoms with E-state index < -0.39 is 27.4 Å². The van der Waals surface area contributed by atoms with Gasteiger partial charge in [-0.25, -0.2) is 27.5 Å². The number of imidazole rings is 1. The Bertz CT molecular complexity index is 3490. The fourth-order valence-electron chi connectivity index (χ4n) is 13.9. The highest BCUT2D eigenvalue weighted by Gasteiger charge is 2.64. The smallest absolute Gasteiger partial charge is 0.268 e. The number of hydrogen-bond acceptors (Lipinski definition) is 15. The number of hydrogen-bond donors (Lipinski definition) is 4. The lowest BCUT2D eigenvalue weighted by Crippen LogP contribution is -2.82. The van der Waals surface area contributed by atoms with Gasteiger partial charge in [0.15, 0.2) is 5.75 Å². The maximum absolute atomic E-state index is 15.2. The molecule has 0 bridgehead atoms. The molecule has 3 aliphatic heterocycles. The third-order valence-corrected chi connectivity index (χ3v) is 19.8. The first-order valence-electron chi connectivity index (χ1n) is 28.7. The molecule has 5 heterocycles. The number of H-pyrrole nitrogens is 1. The number of aliphatic hydroxyl groups is 1. The zero-order chi connectivity index (χ0) is 56.5. The number of allylic oxidation sites excluding steroid dienone is 1. The monoisotopic (exact) mass is 1120 g/mol. The molecular weight excluding hydrogens is 1050 g/mol. The van der Waals surface area contributed by atoms with E-state index in [4.69, 9.17) is 14.2 Å². The molecule has 6 aliphatic rings. The molecule has 1 spiro atoms. The molecule has 4 aromatic carbocycles. The predicted molar refractivity (Wildman–Crippen MR) is 311 cm³/mol. The highest BCUT2D eigenvalue weighted by Crippen LogP contribution is 2.60. The van der Waals surface area contributed by atoms with Crippen molar-refractivity contribution in [3.05, 3.63) is 130 Å². The van der Waals surface area contributed by atoms with Crippen molar-refractivity contribution in [1.82, 2.24) is 29.5 Å². The van der Waals surface area contributed by atoms with Crippen molar-refractivity contribution in [2.45, 2.75) is 133 Å². The maximum Gasteiger partial charge on any atom is 0.268 e. The van der Waals surface area contributed by atoms with Crippen LogP contribution in [0.4, 0.5) is 21.5 Å². The minimum absolute atomic E-state index is 0.0181. The molecule has 5 fully saturated rings. The molecule has 3 aliphatic carbocycles. The van der Waals surface area contributed by atoms with E-state index in [2.05, 4.69) is 89.9 Å². The van der Waals surface area contributed by atoms with Crippen LogP contribution in [0, 0.1) is 16.5 Å². The van der Waals surface area contributed by atoms with Crippen LogP contribution in [0.2, 0.25) is 0 Å². The van der Waals surface area contributed by atoms with E-state index in [1.54, 1.807) is 32.2 Å². The summed E-state index contributed by atoms with van der Waals surface area (Å²) in [5.74, 6) is 0.235. The average molecular weight is 1120 g/mol. The molecule has 0 radical (unpaired) electrons. The molecular formula is C62H73FN9O8S-. The lowest BCUT2D eigenvalue weighted by molar-refractivity contribution is -0.222. The summed E-state index contributed by atoms with van der Waals surface area (Å²) in [6.45, 7) is 12.4. The number of carbonyl (C=O) groups is 1. The van der Waals surface area contributed by atoms with Crippen LogP contribution in [0.1, 0.15) is 129 Å². The van der Waals surface area contributed by atoms with E-state index in [1.165, 1.54) is 48.3 Å². The summed E-state index contributed by atoms with van der Waals surface area (Å²) in [6.07, 6.45) is 10.1. The number of anilines is 3. The van der Waals surface area contributed by atoms with Crippen LogP contribution in [0.25, 0.3) is 16.9 Å². The van der Waals surface area contributed by atoms with Crippen molar-refractivity contribution in [2.24, 2.45) is 11.3 Å². The number of aromatic nitrogens is 3. The molecule has 81 heavy (non-hydrogen) atoms. The van der Waals surface area contributed by atoms with Crippen LogP contribution in [0.5, 0.6) is 23.1 Å². The summed E-state index contributed by atoms with van der Waals surface area (Å²) in [7, 11) is -1.74. The van der Waals surface area contributed by atoms with Gasteiger partial charge in [-0.2, -0.15) is 0 Å². The minimum Gasteiger partial charge on any atom is -0.758 e. The maximum atomic E-state index is 15.2. The second-order valence-electron chi connectivity index (χ2n) is 24.0. The van der Waals surface area contributed by atoms with E-state index in [1.807, 2.05) is 19.1 Å². The van der Waals surface area contributed by atoms with Gasteiger partial charge in [0.2, 0.25) is 0 Å². The molecule has 3 saturated heterocycles. The quantitative estimate of drug-likeness (QED) is 0.0592. The van der Waals surface area contributed by atoms with Crippen molar-refractivity contribution in [3.8, 4) is 23.1 Å². The number of halogens is 1. The number of amides is 1. The topological polar surface area (TPSA) is 201 Å². The van der Waals surface area contributed by atoms with Gasteiger partial charge in [0, 0.05) is 74.6 Å². The minimum atomic E-state index is -4.72. The van der Waals surface area contributed by atoms with Crippen LogP contribution in [-0.4, -0.2) is 115 Å². The first-order chi connectivity index (χ1) is 38.9. The highest BCUT2D eigenvalue weighted by molar-refractivity contribution is 7.90. The van der Waals surface area contributed by atoms with Crippen LogP contribution >= 0.6 is 0 Å². The van der Waals surface area contributed by atoms with Gasteiger partial charge in [-0.15, -0.1) is 0 Å². The van der Waals surface area contributed by atoms with E-state index in [-0.39, 0.29) is 74.5 Å². The summed E-state index contributed by atoms with van der Waals surface area (Å²) in [4.78, 5) is 34.0. The predicted octanol–water partition coefficient (Wildman–Crippen LogP) is 10.6. The molecule has 3 atom stereocenters. The zero-order valence-corrected chi connectivity index (χ0v) is 47.8. The first-order valence-corrected chi connectivity index (χ1v) is 30.2. The summed E-state index contributed by atoms with van der Waals surface area (Å²) < 4.78 is 64.4. The zero-order valence-electron chi connectivity index (χ0n) is 47.0. The lowest BCUT2D eigenvalue weighted by atomic mass is 9.57. The average Bonchev–Trinajstić information content (AvgIpc) is 4.28. The Morgan fingerprint density at radius 3 is 2.48 bits per heavy atom. The molecule has 1 unspecified atom stereocenters. The van der Waals surface area contributed by atoms with Crippen LogP contribution < -0.4 is 34.2 Å². The molecule has 6 aromatic rings. The van der Waals surface area contributed by atoms with E-state index in [0.717, 1.165) is 76.1 Å². The van der Waals surface area contributed by atoms with Gasteiger partial charge in [-0.05, 0) is 149 Å². The number of fused-ring (bicyclic) bond motifs is 3. The number of methoxy groups -OCH3 is 1. The van der Waals surface area contributed by atoms with Crippen molar-refractivity contribution >= 4 is 49.9 Å². The second-order valence-corrected chi connectivity index (χ2v) is 25.6. The number of piperidine rings is 1. The summed E-state index contributed by atoms with van der Waals surface area (Å²) in [5, 5.41) is 27.6. The number of hydroxylamine groups is 1. The third-order valence-electron chi connectivity index (χ3n) is 18.4. The molecule has 428 valence electrons. The fourth-order valence-corrected chi connectivity index (χ4v) is 15.0. The van der Waals surface area contributed by atoms with Gasteiger partial charge in [0.1, 0.15) is 27.7 Å². The van der Waals surface area contributed by atoms with E-state index >= 15 is 4.39 Å². The second kappa shape index (κ2) is 21.5. The van der Waals surface area contributed by atoms with Gasteiger partial charge in [-0.1, -0.05) is 50.2 Å². The van der Waals surface area contributed by atoms with Gasteiger partial charge in [0.05, 0.1) is 59.8 Å². The molecule has 2 aromatic heterocycles. The summed E-state index contributed by atoms with van der Waals surface area (Å²) in [6, 6.07) is 27.1. The van der Waals surface area contributed by atoms with Crippen molar-refractivity contribution < 1.29 is 36.9 Å². The van der Waals surface area contributed by atoms with Crippen LogP contribution in [0.3, 0.4) is 0 Å². The Balaban J connectivity index is 0.783. The Kier molecular flexibility index (Phi) is 14.6. The third kappa shape index (κ3) is 10.4. The number of benzene rings is 4. The Labute approximate surface area is 473 Å². The number of carbonyl (C=O) groups excluding carboxylic acids is 1. The number of aromatic amines is 1. The number of ether oxygens (including phenoxy) is 3. The number of piperazine rings is 1. The molecule has 2 saturated carbocycles. The number of nitrogens with zero attached hydrogens (tertiary/aromatic N) is 6. The molecule has 12 rings (SSSR count). The van der Waals surface area contributed by atoms with Crippen LogP contribution in [-0.2, 0) is 23.0 Å². The first kappa shape index (κ1) is 54.8. The Hall–Kier alpha value is -6.77. The SMILES string of the molecule is CCOc1nc2c(cc1Oc1cc(N3CCC4(CC3)CC(N3C5CN(Cc6ccc(OC)cc6)[C@@H]5[C@H]3c3ccccc3C(C)C)C4)ccc1C(=O)NS(=O)(=O)c1cc(N(C)[O-])c(NCC3CCC(C)(O)CC3)c3[nH]cnc13)C(F)=CC2. The van der Waals surface area contributed by atoms with Crippen molar-refractivity contribution in [1.29, 1.82) is 0 Å². The van der Waals surface area contributed by atoms with E-state index in [9.17, 15) is 23.5 Å². The largest absolute Gasteiger partial charge is 0.758 e.